The van der Waals surface area contributed by atoms with Crippen molar-refractivity contribution in [3.63, 3.8) is 0 Å². The van der Waals surface area contributed by atoms with Crippen LogP contribution in [0.4, 0.5) is 4.39 Å². The first-order valence-corrected chi connectivity index (χ1v) is 8.95. The summed E-state index contributed by atoms with van der Waals surface area (Å²) in [6, 6.07) is 8.47. The Morgan fingerprint density at radius 2 is 1.92 bits per heavy atom. The van der Waals surface area contributed by atoms with Crippen molar-refractivity contribution < 1.29 is 17.6 Å². The SMILES string of the molecule is O=Cc1cc(-c2ccccc2F)n(S(=O)(=O)c2cncc(Br)c2)c1. The summed E-state index contributed by atoms with van der Waals surface area (Å²) >= 11 is 3.17. The Morgan fingerprint density at radius 1 is 1.17 bits per heavy atom. The van der Waals surface area contributed by atoms with Crippen LogP contribution in [0.3, 0.4) is 0 Å². The lowest BCUT2D eigenvalue weighted by Crippen LogP contribution is -2.14. The molecule has 0 aliphatic rings. The summed E-state index contributed by atoms with van der Waals surface area (Å²) in [5.41, 5.74) is 0.270. The zero-order valence-corrected chi connectivity index (χ0v) is 14.5. The van der Waals surface area contributed by atoms with Crippen LogP contribution in [0.15, 0.2) is 64.4 Å². The van der Waals surface area contributed by atoms with E-state index in [0.29, 0.717) is 10.8 Å². The largest absolute Gasteiger partial charge is 0.298 e. The number of hydrogen-bond acceptors (Lipinski definition) is 4. The third-order valence-corrected chi connectivity index (χ3v) is 5.40. The van der Waals surface area contributed by atoms with Crippen molar-refractivity contribution in [1.29, 1.82) is 0 Å². The van der Waals surface area contributed by atoms with Crippen molar-refractivity contribution in [3.05, 3.63) is 70.8 Å². The average Bonchev–Trinajstić information content (AvgIpc) is 3.00. The third kappa shape index (κ3) is 2.90. The third-order valence-electron chi connectivity index (χ3n) is 3.33. The van der Waals surface area contributed by atoms with Gasteiger partial charge < -0.3 is 0 Å². The number of rotatable bonds is 4. The standard InChI is InChI=1S/C16H10BrFN2O3S/c17-12-6-13(8-19-7-12)24(22,23)20-9-11(10-21)5-16(20)14-3-1-2-4-15(14)18/h1-10H. The fraction of sp³-hybridized carbons (Fsp3) is 0. The molecule has 0 saturated carbocycles. The van der Waals surface area contributed by atoms with Gasteiger partial charge in [-0.25, -0.2) is 16.8 Å². The van der Waals surface area contributed by atoms with Crippen molar-refractivity contribution in [3.8, 4) is 11.3 Å². The number of hydrogen-bond donors (Lipinski definition) is 0. The van der Waals surface area contributed by atoms with Crippen LogP contribution in [0.25, 0.3) is 11.3 Å². The number of benzene rings is 1. The molecule has 0 N–H and O–H groups in total. The topological polar surface area (TPSA) is 69.0 Å². The lowest BCUT2D eigenvalue weighted by molar-refractivity contribution is 0.112. The van der Waals surface area contributed by atoms with E-state index in [4.69, 9.17) is 0 Å². The van der Waals surface area contributed by atoms with E-state index in [9.17, 15) is 17.6 Å². The average molecular weight is 409 g/mol. The Bertz CT molecular complexity index is 1030. The van der Waals surface area contributed by atoms with Gasteiger partial charge in [-0.3, -0.25) is 9.78 Å². The summed E-state index contributed by atoms with van der Waals surface area (Å²) in [7, 11) is -4.05. The molecular formula is C16H10BrFN2O3S. The Balaban J connectivity index is 2.27. The van der Waals surface area contributed by atoms with Gasteiger partial charge in [-0.1, -0.05) is 12.1 Å². The minimum atomic E-state index is -4.05. The predicted molar refractivity (Wildman–Crippen MR) is 89.7 cm³/mol. The highest BCUT2D eigenvalue weighted by molar-refractivity contribution is 9.10. The molecule has 3 rings (SSSR count). The van der Waals surface area contributed by atoms with Crippen LogP contribution < -0.4 is 0 Å². The predicted octanol–water partition coefficient (Wildman–Crippen LogP) is 3.50. The van der Waals surface area contributed by atoms with Crippen LogP contribution in [-0.4, -0.2) is 23.7 Å². The summed E-state index contributed by atoms with van der Waals surface area (Å²) in [6.07, 6.45) is 4.30. The number of carbonyl (C=O) groups is 1. The molecular weight excluding hydrogens is 399 g/mol. The maximum absolute atomic E-state index is 14.1. The molecule has 122 valence electrons. The maximum atomic E-state index is 14.1. The first-order chi connectivity index (χ1) is 11.4. The van der Waals surface area contributed by atoms with Gasteiger partial charge in [0.05, 0.1) is 5.69 Å². The van der Waals surface area contributed by atoms with Crippen LogP contribution in [0.1, 0.15) is 10.4 Å². The molecule has 0 aliphatic heterocycles. The molecule has 0 amide bonds. The summed E-state index contributed by atoms with van der Waals surface area (Å²) in [5.74, 6) is -0.586. The van der Waals surface area contributed by atoms with Crippen LogP contribution in [0, 0.1) is 5.82 Å². The van der Waals surface area contributed by atoms with Crippen LogP contribution in [0.5, 0.6) is 0 Å². The second kappa shape index (κ2) is 6.29. The van der Waals surface area contributed by atoms with Gasteiger partial charge in [-0.15, -0.1) is 0 Å². The second-order valence-corrected chi connectivity index (χ2v) is 7.63. The Labute approximate surface area is 146 Å². The van der Waals surface area contributed by atoms with Gasteiger partial charge in [0, 0.05) is 34.2 Å². The highest BCUT2D eigenvalue weighted by atomic mass is 79.9. The highest BCUT2D eigenvalue weighted by Gasteiger charge is 2.23. The zero-order valence-electron chi connectivity index (χ0n) is 12.1. The first-order valence-electron chi connectivity index (χ1n) is 6.72. The van der Waals surface area contributed by atoms with E-state index >= 15 is 0 Å². The van der Waals surface area contributed by atoms with Gasteiger partial charge in [-0.2, -0.15) is 0 Å². The van der Waals surface area contributed by atoms with E-state index < -0.39 is 15.8 Å². The molecule has 0 spiro atoms. The van der Waals surface area contributed by atoms with Crippen LogP contribution in [0.2, 0.25) is 0 Å². The molecule has 3 aromatic rings. The van der Waals surface area contributed by atoms with Crippen molar-refractivity contribution >= 4 is 32.2 Å². The van der Waals surface area contributed by atoms with Crippen molar-refractivity contribution in [2.24, 2.45) is 0 Å². The number of pyridine rings is 1. The monoisotopic (exact) mass is 408 g/mol. The molecule has 2 aromatic heterocycles. The highest BCUT2D eigenvalue weighted by Crippen LogP contribution is 2.29. The molecule has 8 heteroatoms. The van der Waals surface area contributed by atoms with Gasteiger partial charge in [-0.05, 0) is 40.2 Å². The van der Waals surface area contributed by atoms with Crippen molar-refractivity contribution in [1.82, 2.24) is 8.96 Å². The molecule has 0 fully saturated rings. The summed E-state index contributed by atoms with van der Waals surface area (Å²) < 4.78 is 41.2. The minimum absolute atomic E-state index is 0.0650. The van der Waals surface area contributed by atoms with E-state index in [2.05, 4.69) is 20.9 Å². The van der Waals surface area contributed by atoms with Gasteiger partial charge in [0.2, 0.25) is 0 Å². The van der Waals surface area contributed by atoms with E-state index in [1.54, 1.807) is 6.07 Å². The molecule has 0 unspecified atom stereocenters. The molecule has 24 heavy (non-hydrogen) atoms. The van der Waals surface area contributed by atoms with Gasteiger partial charge in [0.25, 0.3) is 10.0 Å². The van der Waals surface area contributed by atoms with E-state index in [1.165, 1.54) is 42.7 Å². The van der Waals surface area contributed by atoms with E-state index in [1.807, 2.05) is 0 Å². The van der Waals surface area contributed by atoms with E-state index in [0.717, 1.165) is 10.2 Å². The molecule has 0 radical (unpaired) electrons. The molecule has 0 atom stereocenters. The fourth-order valence-corrected chi connectivity index (χ4v) is 4.12. The summed E-state index contributed by atoms with van der Waals surface area (Å²) in [6.45, 7) is 0. The Morgan fingerprint density at radius 3 is 2.58 bits per heavy atom. The molecule has 5 nitrogen and oxygen atoms in total. The second-order valence-electron chi connectivity index (χ2n) is 4.90. The Hall–Kier alpha value is -2.32. The quantitative estimate of drug-likeness (QED) is 0.619. The normalized spacial score (nSPS) is 11.4. The fourth-order valence-electron chi connectivity index (χ4n) is 2.24. The lowest BCUT2D eigenvalue weighted by atomic mass is 10.1. The Kier molecular flexibility index (Phi) is 4.33. The van der Waals surface area contributed by atoms with Gasteiger partial charge in [0.15, 0.2) is 6.29 Å². The summed E-state index contributed by atoms with van der Waals surface area (Å²) in [5, 5.41) is 0. The molecule has 0 saturated heterocycles. The van der Waals surface area contributed by atoms with Crippen molar-refractivity contribution in [2.75, 3.05) is 0 Å². The molecule has 1 aromatic carbocycles. The smallest absolute Gasteiger partial charge is 0.269 e. The number of nitrogens with zero attached hydrogens (tertiary/aromatic N) is 2. The van der Waals surface area contributed by atoms with E-state index in [-0.39, 0.29) is 21.7 Å². The molecule has 0 aliphatic carbocycles. The van der Waals surface area contributed by atoms with Crippen LogP contribution in [-0.2, 0) is 10.0 Å². The number of aromatic nitrogens is 2. The number of carbonyl (C=O) groups excluding carboxylic acids is 1. The summed E-state index contributed by atoms with van der Waals surface area (Å²) in [4.78, 5) is 14.8. The van der Waals surface area contributed by atoms with Gasteiger partial charge >= 0.3 is 0 Å². The number of halogens is 2. The van der Waals surface area contributed by atoms with Gasteiger partial charge in [0.1, 0.15) is 10.7 Å². The van der Waals surface area contributed by atoms with Crippen LogP contribution >= 0.6 is 15.9 Å². The molecule has 0 bridgehead atoms. The minimum Gasteiger partial charge on any atom is -0.298 e. The number of aldehydes is 1. The molecule has 2 heterocycles. The zero-order chi connectivity index (χ0) is 17.3. The van der Waals surface area contributed by atoms with Crippen molar-refractivity contribution in [2.45, 2.75) is 4.90 Å². The first kappa shape index (κ1) is 16.5. The maximum Gasteiger partial charge on any atom is 0.269 e. The lowest BCUT2D eigenvalue weighted by Gasteiger charge is -2.11.